The topological polar surface area (TPSA) is 120 Å². The number of aliphatic carboxylic acids is 1. The molecule has 0 saturated carbocycles. The van der Waals surface area contributed by atoms with Gasteiger partial charge in [-0.1, -0.05) is 0 Å². The molecule has 0 fully saturated rings. The fourth-order valence-electron chi connectivity index (χ4n) is 2.53. The summed E-state index contributed by atoms with van der Waals surface area (Å²) < 4.78 is 0. The Morgan fingerprint density at radius 3 is 2.07 bits per heavy atom. The number of nitrogens with one attached hydrogen (secondary N) is 1. The zero-order valence-corrected chi connectivity index (χ0v) is 16.7. The predicted octanol–water partition coefficient (Wildman–Crippen LogP) is 3.48. The molecule has 2 rings (SSSR count). The summed E-state index contributed by atoms with van der Waals surface area (Å²) in [5.74, 6) is -1.19. The number of carboxylic acid groups (broad SMARTS) is 1. The summed E-state index contributed by atoms with van der Waals surface area (Å²) >= 11 is 0. The number of carbonyl (C=O) groups is 2. The van der Waals surface area contributed by atoms with E-state index in [9.17, 15) is 9.59 Å². The number of nitrogens with zero attached hydrogens (tertiary/aromatic N) is 3. The van der Waals surface area contributed by atoms with Gasteiger partial charge in [0.05, 0.1) is 11.4 Å². The lowest BCUT2D eigenvalue weighted by molar-refractivity contribution is -0.138. The number of carbonyl (C=O) groups excluding carboxylic acids is 1. The molecule has 0 saturated heterocycles. The molecule has 29 heavy (non-hydrogen) atoms. The average molecular weight is 397 g/mol. The van der Waals surface area contributed by atoms with Crippen molar-refractivity contribution in [1.29, 1.82) is 0 Å². The highest BCUT2D eigenvalue weighted by molar-refractivity contribution is 5.94. The fourth-order valence-corrected chi connectivity index (χ4v) is 2.53. The molecule has 8 heteroatoms. The van der Waals surface area contributed by atoms with E-state index in [1.165, 1.54) is 0 Å². The molecule has 0 bridgehead atoms. The first-order valence-electron chi connectivity index (χ1n) is 9.42. The Balaban J connectivity index is 1.80. The van der Waals surface area contributed by atoms with Crippen LogP contribution in [0.15, 0.2) is 58.8 Å². The SMILES string of the molecule is CN(C)c1ccc(N=Nc2ccc(C(=O)NCCCCC(N)C(=O)O)cc2)cc1. The Kier molecular flexibility index (Phi) is 8.29. The molecule has 1 amide bonds. The summed E-state index contributed by atoms with van der Waals surface area (Å²) in [5, 5.41) is 19.9. The van der Waals surface area contributed by atoms with Crippen LogP contribution in [-0.2, 0) is 4.79 Å². The van der Waals surface area contributed by atoms with Crippen molar-refractivity contribution in [2.45, 2.75) is 25.3 Å². The van der Waals surface area contributed by atoms with Gasteiger partial charge in [0.25, 0.3) is 5.91 Å². The van der Waals surface area contributed by atoms with Crippen molar-refractivity contribution in [1.82, 2.24) is 5.32 Å². The van der Waals surface area contributed by atoms with E-state index in [-0.39, 0.29) is 5.91 Å². The first-order chi connectivity index (χ1) is 13.9. The molecular formula is C21H27N5O3. The number of anilines is 1. The monoisotopic (exact) mass is 397 g/mol. The molecule has 0 aliphatic heterocycles. The van der Waals surface area contributed by atoms with E-state index in [1.807, 2.05) is 43.3 Å². The molecule has 2 aromatic carbocycles. The highest BCUT2D eigenvalue weighted by Crippen LogP contribution is 2.21. The number of carboxylic acids is 1. The van der Waals surface area contributed by atoms with Crippen LogP contribution >= 0.6 is 0 Å². The van der Waals surface area contributed by atoms with Gasteiger partial charge < -0.3 is 21.1 Å². The lowest BCUT2D eigenvalue weighted by Gasteiger charge is -2.11. The minimum Gasteiger partial charge on any atom is -0.480 e. The summed E-state index contributed by atoms with van der Waals surface area (Å²) in [6.45, 7) is 0.468. The molecule has 154 valence electrons. The maximum atomic E-state index is 12.1. The van der Waals surface area contributed by atoms with Crippen LogP contribution in [0.25, 0.3) is 0 Å². The van der Waals surface area contributed by atoms with Gasteiger partial charge >= 0.3 is 5.97 Å². The highest BCUT2D eigenvalue weighted by atomic mass is 16.4. The largest absolute Gasteiger partial charge is 0.480 e. The zero-order valence-electron chi connectivity index (χ0n) is 16.7. The van der Waals surface area contributed by atoms with E-state index in [2.05, 4.69) is 15.5 Å². The second-order valence-corrected chi connectivity index (χ2v) is 6.85. The lowest BCUT2D eigenvalue weighted by Crippen LogP contribution is -2.30. The Morgan fingerprint density at radius 2 is 1.55 bits per heavy atom. The van der Waals surface area contributed by atoms with Crippen LogP contribution in [0.3, 0.4) is 0 Å². The van der Waals surface area contributed by atoms with Gasteiger partial charge in [0, 0.05) is 31.9 Å². The molecular weight excluding hydrogens is 370 g/mol. The Morgan fingerprint density at radius 1 is 1.00 bits per heavy atom. The van der Waals surface area contributed by atoms with E-state index in [0.29, 0.717) is 37.1 Å². The van der Waals surface area contributed by atoms with Gasteiger partial charge in [0.2, 0.25) is 0 Å². The van der Waals surface area contributed by atoms with Crippen LogP contribution in [0, 0.1) is 0 Å². The van der Waals surface area contributed by atoms with Crippen LogP contribution < -0.4 is 16.0 Å². The minimum atomic E-state index is -1.00. The van der Waals surface area contributed by atoms with Gasteiger partial charge in [0.1, 0.15) is 6.04 Å². The van der Waals surface area contributed by atoms with E-state index in [0.717, 1.165) is 11.4 Å². The third-order valence-electron chi connectivity index (χ3n) is 4.32. The standard InChI is InChI=1S/C21H27N5O3/c1-26(2)18-12-10-17(11-13-18)25-24-16-8-6-15(7-9-16)20(27)23-14-4-3-5-19(22)21(28)29/h6-13,19H,3-5,14,22H2,1-2H3,(H,23,27)(H,28,29). The van der Waals surface area contributed by atoms with Crippen LogP contribution in [0.1, 0.15) is 29.6 Å². The molecule has 0 aromatic heterocycles. The molecule has 2 aromatic rings. The number of nitrogens with two attached hydrogens (primary N) is 1. The van der Waals surface area contributed by atoms with Gasteiger partial charge in [0.15, 0.2) is 0 Å². The quantitative estimate of drug-likeness (QED) is 0.419. The summed E-state index contributed by atoms with van der Waals surface area (Å²) in [6.07, 6.45) is 1.71. The van der Waals surface area contributed by atoms with Crippen LogP contribution in [0.4, 0.5) is 17.1 Å². The van der Waals surface area contributed by atoms with Crippen molar-refractivity contribution in [3.05, 3.63) is 54.1 Å². The molecule has 4 N–H and O–H groups in total. The van der Waals surface area contributed by atoms with Gasteiger partial charge in [-0.2, -0.15) is 10.2 Å². The van der Waals surface area contributed by atoms with Crippen molar-refractivity contribution in [3.63, 3.8) is 0 Å². The lowest BCUT2D eigenvalue weighted by atomic mass is 10.1. The van der Waals surface area contributed by atoms with Gasteiger partial charge in [-0.3, -0.25) is 9.59 Å². The van der Waals surface area contributed by atoms with E-state index in [1.54, 1.807) is 24.3 Å². The highest BCUT2D eigenvalue weighted by Gasteiger charge is 2.10. The summed E-state index contributed by atoms with van der Waals surface area (Å²) in [7, 11) is 3.95. The number of hydrogen-bond donors (Lipinski definition) is 3. The molecule has 0 aliphatic rings. The molecule has 0 radical (unpaired) electrons. The maximum Gasteiger partial charge on any atom is 0.320 e. The Hall–Kier alpha value is -3.26. The maximum absolute atomic E-state index is 12.1. The van der Waals surface area contributed by atoms with Crippen LogP contribution in [-0.4, -0.2) is 43.7 Å². The number of azo groups is 1. The molecule has 1 atom stereocenters. The summed E-state index contributed by atoms with van der Waals surface area (Å²) in [5.41, 5.74) is 8.46. The number of unbranched alkanes of at least 4 members (excludes halogenated alkanes) is 1. The second kappa shape index (κ2) is 10.9. The summed E-state index contributed by atoms with van der Waals surface area (Å²) in [6, 6.07) is 13.7. The first kappa shape index (κ1) is 22.0. The molecule has 0 aliphatic carbocycles. The third-order valence-corrected chi connectivity index (χ3v) is 4.32. The first-order valence-corrected chi connectivity index (χ1v) is 9.42. The normalized spacial score (nSPS) is 12.0. The number of rotatable bonds is 10. The number of benzene rings is 2. The van der Waals surface area contributed by atoms with E-state index < -0.39 is 12.0 Å². The Bertz CT molecular complexity index is 832. The zero-order chi connectivity index (χ0) is 21.2. The van der Waals surface area contributed by atoms with Crippen molar-refractivity contribution >= 4 is 28.9 Å². The van der Waals surface area contributed by atoms with Crippen molar-refractivity contribution in [2.75, 3.05) is 25.5 Å². The van der Waals surface area contributed by atoms with Crippen molar-refractivity contribution < 1.29 is 14.7 Å². The van der Waals surface area contributed by atoms with Crippen LogP contribution in [0.5, 0.6) is 0 Å². The number of hydrogen-bond acceptors (Lipinski definition) is 6. The van der Waals surface area contributed by atoms with Crippen LogP contribution in [0.2, 0.25) is 0 Å². The van der Waals surface area contributed by atoms with Gasteiger partial charge in [-0.25, -0.2) is 0 Å². The second-order valence-electron chi connectivity index (χ2n) is 6.85. The molecule has 0 heterocycles. The average Bonchev–Trinajstić information content (AvgIpc) is 2.72. The predicted molar refractivity (Wildman–Crippen MR) is 113 cm³/mol. The van der Waals surface area contributed by atoms with Crippen molar-refractivity contribution in [2.24, 2.45) is 16.0 Å². The smallest absolute Gasteiger partial charge is 0.320 e. The van der Waals surface area contributed by atoms with Gasteiger partial charge in [-0.15, -0.1) is 0 Å². The molecule has 8 nitrogen and oxygen atoms in total. The minimum absolute atomic E-state index is 0.185. The van der Waals surface area contributed by atoms with Crippen molar-refractivity contribution in [3.8, 4) is 0 Å². The van der Waals surface area contributed by atoms with E-state index >= 15 is 0 Å². The molecule has 0 spiro atoms. The third kappa shape index (κ3) is 7.34. The Labute approximate surface area is 170 Å². The summed E-state index contributed by atoms with van der Waals surface area (Å²) in [4.78, 5) is 24.8. The fraction of sp³-hybridized carbons (Fsp3) is 0.333. The number of amides is 1. The molecule has 1 unspecified atom stereocenters. The van der Waals surface area contributed by atoms with E-state index in [4.69, 9.17) is 10.8 Å². The van der Waals surface area contributed by atoms with Gasteiger partial charge in [-0.05, 0) is 67.8 Å².